The summed E-state index contributed by atoms with van der Waals surface area (Å²) in [5, 5.41) is 0. The number of nitrogens with two attached hydrogens (primary N) is 1. The molecule has 1 rings (SSSR count). The van der Waals surface area contributed by atoms with Crippen LogP contribution in [0.15, 0.2) is 0 Å². The van der Waals surface area contributed by atoms with Gasteiger partial charge in [0.05, 0.1) is 5.60 Å². The Balaban J connectivity index is 2.76. The first-order valence-corrected chi connectivity index (χ1v) is 6.41. The molecule has 1 aliphatic rings. The van der Waals surface area contributed by atoms with Gasteiger partial charge >= 0.3 is 0 Å². The Morgan fingerprint density at radius 1 is 1.47 bits per heavy atom. The second kappa shape index (κ2) is 5.31. The molecule has 0 bridgehead atoms. The first kappa shape index (κ1) is 13.0. The molecule has 0 aromatic carbocycles. The van der Waals surface area contributed by atoms with E-state index in [1.807, 2.05) is 0 Å². The van der Waals surface area contributed by atoms with Gasteiger partial charge in [-0.25, -0.2) is 0 Å². The number of rotatable bonds is 4. The standard InChI is InChI=1S/C13H27NO/c1-5-15-13(12(14)10(2)3)8-6-7-11(4)9-13/h10-12H,5-9,14H2,1-4H3. The van der Waals surface area contributed by atoms with Gasteiger partial charge < -0.3 is 10.5 Å². The van der Waals surface area contributed by atoms with Crippen molar-refractivity contribution in [2.45, 2.75) is 65.0 Å². The van der Waals surface area contributed by atoms with E-state index in [4.69, 9.17) is 10.5 Å². The second-order valence-electron chi connectivity index (χ2n) is 5.47. The van der Waals surface area contributed by atoms with Crippen LogP contribution in [-0.4, -0.2) is 18.2 Å². The molecule has 90 valence electrons. The van der Waals surface area contributed by atoms with Crippen molar-refractivity contribution in [1.82, 2.24) is 0 Å². The minimum atomic E-state index is -0.0411. The topological polar surface area (TPSA) is 35.2 Å². The van der Waals surface area contributed by atoms with Gasteiger partial charge in [0.1, 0.15) is 0 Å². The maximum atomic E-state index is 6.35. The Hall–Kier alpha value is -0.0800. The van der Waals surface area contributed by atoms with Crippen molar-refractivity contribution in [2.24, 2.45) is 17.6 Å². The van der Waals surface area contributed by atoms with Crippen LogP contribution in [0, 0.1) is 11.8 Å². The fraction of sp³-hybridized carbons (Fsp3) is 1.00. The molecule has 0 heterocycles. The first-order chi connectivity index (χ1) is 7.02. The highest BCUT2D eigenvalue weighted by molar-refractivity contribution is 4.96. The molecule has 0 aliphatic heterocycles. The van der Waals surface area contributed by atoms with E-state index >= 15 is 0 Å². The molecule has 1 saturated carbocycles. The molecule has 0 amide bonds. The third-order valence-corrected chi connectivity index (χ3v) is 3.75. The van der Waals surface area contributed by atoms with Gasteiger partial charge in [-0.15, -0.1) is 0 Å². The van der Waals surface area contributed by atoms with Crippen LogP contribution in [0.5, 0.6) is 0 Å². The Kier molecular flexibility index (Phi) is 4.60. The minimum Gasteiger partial charge on any atom is -0.374 e. The van der Waals surface area contributed by atoms with Gasteiger partial charge in [-0.1, -0.05) is 33.6 Å². The van der Waals surface area contributed by atoms with Gasteiger partial charge in [-0.3, -0.25) is 0 Å². The first-order valence-electron chi connectivity index (χ1n) is 6.41. The summed E-state index contributed by atoms with van der Waals surface area (Å²) >= 11 is 0. The average Bonchev–Trinajstić information content (AvgIpc) is 2.17. The maximum absolute atomic E-state index is 6.35. The molecule has 0 spiro atoms. The smallest absolute Gasteiger partial charge is 0.0837 e. The highest BCUT2D eigenvalue weighted by Crippen LogP contribution is 2.38. The van der Waals surface area contributed by atoms with Crippen molar-refractivity contribution < 1.29 is 4.74 Å². The molecular formula is C13H27NO. The minimum absolute atomic E-state index is 0.0411. The molecule has 0 aromatic heterocycles. The van der Waals surface area contributed by atoms with Crippen LogP contribution < -0.4 is 5.73 Å². The van der Waals surface area contributed by atoms with E-state index in [2.05, 4.69) is 27.7 Å². The zero-order chi connectivity index (χ0) is 11.5. The van der Waals surface area contributed by atoms with E-state index in [1.54, 1.807) is 0 Å². The van der Waals surface area contributed by atoms with E-state index in [9.17, 15) is 0 Å². The highest BCUT2D eigenvalue weighted by Gasteiger charge is 2.41. The van der Waals surface area contributed by atoms with E-state index in [0.29, 0.717) is 5.92 Å². The lowest BCUT2D eigenvalue weighted by Gasteiger charge is -2.45. The van der Waals surface area contributed by atoms with E-state index in [-0.39, 0.29) is 11.6 Å². The molecule has 15 heavy (non-hydrogen) atoms. The summed E-state index contributed by atoms with van der Waals surface area (Å²) in [4.78, 5) is 0. The summed E-state index contributed by atoms with van der Waals surface area (Å²) in [6.45, 7) is 9.58. The monoisotopic (exact) mass is 213 g/mol. The lowest BCUT2D eigenvalue weighted by molar-refractivity contribution is -0.101. The molecule has 0 aromatic rings. The molecule has 3 unspecified atom stereocenters. The zero-order valence-electron chi connectivity index (χ0n) is 10.8. The fourth-order valence-corrected chi connectivity index (χ4v) is 2.97. The Morgan fingerprint density at radius 3 is 2.60 bits per heavy atom. The van der Waals surface area contributed by atoms with E-state index < -0.39 is 0 Å². The summed E-state index contributed by atoms with van der Waals surface area (Å²) in [6, 6.07) is 0.181. The highest BCUT2D eigenvalue weighted by atomic mass is 16.5. The van der Waals surface area contributed by atoms with Gasteiger partial charge in [0.2, 0.25) is 0 Å². The van der Waals surface area contributed by atoms with Crippen molar-refractivity contribution in [2.75, 3.05) is 6.61 Å². The Bertz CT molecular complexity index is 189. The lowest BCUT2D eigenvalue weighted by atomic mass is 9.72. The lowest BCUT2D eigenvalue weighted by Crippen LogP contribution is -2.55. The summed E-state index contributed by atoms with van der Waals surface area (Å²) in [7, 11) is 0. The maximum Gasteiger partial charge on any atom is 0.0837 e. The zero-order valence-corrected chi connectivity index (χ0v) is 10.8. The Morgan fingerprint density at radius 2 is 2.13 bits per heavy atom. The Labute approximate surface area is 94.6 Å². The fourth-order valence-electron chi connectivity index (χ4n) is 2.97. The molecule has 1 aliphatic carbocycles. The van der Waals surface area contributed by atoms with Gasteiger partial charge in [0, 0.05) is 12.6 Å². The molecule has 0 radical (unpaired) electrons. The average molecular weight is 213 g/mol. The predicted octanol–water partition coefficient (Wildman–Crippen LogP) is 2.96. The van der Waals surface area contributed by atoms with Gasteiger partial charge in [-0.2, -0.15) is 0 Å². The second-order valence-corrected chi connectivity index (χ2v) is 5.47. The predicted molar refractivity (Wildman–Crippen MR) is 64.8 cm³/mol. The summed E-state index contributed by atoms with van der Waals surface area (Å²) < 4.78 is 6.04. The van der Waals surface area contributed by atoms with E-state index in [1.165, 1.54) is 12.8 Å². The largest absolute Gasteiger partial charge is 0.374 e. The molecule has 0 saturated heterocycles. The molecule has 2 nitrogen and oxygen atoms in total. The van der Waals surface area contributed by atoms with Crippen LogP contribution in [0.25, 0.3) is 0 Å². The van der Waals surface area contributed by atoms with Crippen LogP contribution >= 0.6 is 0 Å². The summed E-state index contributed by atoms with van der Waals surface area (Å²) in [5.74, 6) is 1.26. The molecular weight excluding hydrogens is 186 g/mol. The summed E-state index contributed by atoms with van der Waals surface area (Å²) in [5.41, 5.74) is 6.31. The van der Waals surface area contributed by atoms with Crippen molar-refractivity contribution >= 4 is 0 Å². The number of ether oxygens (including phenoxy) is 1. The van der Waals surface area contributed by atoms with E-state index in [0.717, 1.165) is 25.4 Å². The quantitative estimate of drug-likeness (QED) is 0.779. The van der Waals surface area contributed by atoms with Crippen LogP contribution in [0.3, 0.4) is 0 Å². The SMILES string of the molecule is CCOC1(C(N)C(C)C)CCCC(C)C1. The number of hydrogen-bond donors (Lipinski definition) is 1. The van der Waals surface area contributed by atoms with Crippen LogP contribution in [0.4, 0.5) is 0 Å². The van der Waals surface area contributed by atoms with Crippen molar-refractivity contribution in [3.05, 3.63) is 0 Å². The van der Waals surface area contributed by atoms with Gasteiger partial charge in [0.15, 0.2) is 0 Å². The third kappa shape index (κ3) is 2.94. The van der Waals surface area contributed by atoms with Crippen LogP contribution in [0.2, 0.25) is 0 Å². The van der Waals surface area contributed by atoms with Crippen LogP contribution in [0.1, 0.15) is 53.4 Å². The van der Waals surface area contributed by atoms with Gasteiger partial charge in [-0.05, 0) is 31.6 Å². The van der Waals surface area contributed by atoms with Crippen molar-refractivity contribution in [1.29, 1.82) is 0 Å². The normalized spacial score (nSPS) is 34.4. The van der Waals surface area contributed by atoms with Crippen molar-refractivity contribution in [3.8, 4) is 0 Å². The molecule has 2 heteroatoms. The van der Waals surface area contributed by atoms with Gasteiger partial charge in [0.25, 0.3) is 0 Å². The number of hydrogen-bond acceptors (Lipinski definition) is 2. The van der Waals surface area contributed by atoms with Crippen LogP contribution in [-0.2, 0) is 4.74 Å². The van der Waals surface area contributed by atoms with Crippen molar-refractivity contribution in [3.63, 3.8) is 0 Å². The molecule has 3 atom stereocenters. The third-order valence-electron chi connectivity index (χ3n) is 3.75. The summed E-state index contributed by atoms with van der Waals surface area (Å²) in [6.07, 6.45) is 4.88. The molecule has 2 N–H and O–H groups in total. The molecule has 1 fully saturated rings.